The average molecular weight is 665 g/mol. The van der Waals surface area contributed by atoms with Crippen LogP contribution in [0.1, 0.15) is 88.0 Å². The van der Waals surface area contributed by atoms with Gasteiger partial charge in [0.2, 0.25) is 0 Å². The molecule has 4 saturated carbocycles. The van der Waals surface area contributed by atoms with E-state index in [1.807, 2.05) is 6.92 Å². The second-order valence-corrected chi connectivity index (χ2v) is 14.8. The van der Waals surface area contributed by atoms with Crippen LogP contribution in [0.2, 0.25) is 0 Å². The molecule has 1 N–H and O–H groups in total. The number of carbonyl (C=O) groups is 6. The maximum atomic E-state index is 15.2. The largest absolute Gasteiger partial charge is 0.462 e. The van der Waals surface area contributed by atoms with E-state index in [0.29, 0.717) is 6.42 Å². The fourth-order valence-electron chi connectivity index (χ4n) is 9.98. The van der Waals surface area contributed by atoms with Crippen molar-refractivity contribution in [1.82, 2.24) is 0 Å². The molecule has 1 aliphatic heterocycles. The smallest absolute Gasteiger partial charge is 0.309 e. The fourth-order valence-corrected chi connectivity index (χ4v) is 9.98. The van der Waals surface area contributed by atoms with Crippen LogP contribution in [0.25, 0.3) is 0 Å². The van der Waals surface area contributed by atoms with Crippen molar-refractivity contribution in [2.24, 2.45) is 40.9 Å². The monoisotopic (exact) mass is 664 g/mol. The number of carbonyl (C=O) groups excluding carboxylic acids is 6. The van der Waals surface area contributed by atoms with Crippen molar-refractivity contribution in [2.75, 3.05) is 6.61 Å². The van der Waals surface area contributed by atoms with Crippen LogP contribution in [-0.4, -0.2) is 88.6 Å². The van der Waals surface area contributed by atoms with Gasteiger partial charge in [-0.2, -0.15) is 0 Å². The summed E-state index contributed by atoms with van der Waals surface area (Å²) in [5, 5.41) is 12.9. The van der Waals surface area contributed by atoms with Gasteiger partial charge in [-0.15, -0.1) is 0 Å². The van der Waals surface area contributed by atoms with E-state index in [4.69, 9.17) is 28.4 Å². The minimum atomic E-state index is -2.01. The third kappa shape index (κ3) is 5.09. The lowest BCUT2D eigenvalue weighted by molar-refractivity contribution is -0.260. The molecule has 0 aromatic heterocycles. The highest BCUT2D eigenvalue weighted by Gasteiger charge is 2.86. The van der Waals surface area contributed by atoms with Crippen molar-refractivity contribution in [3.63, 3.8) is 0 Å². The number of ketones is 1. The molecule has 47 heavy (non-hydrogen) atoms. The zero-order chi connectivity index (χ0) is 35.0. The maximum absolute atomic E-state index is 15.2. The van der Waals surface area contributed by atoms with Crippen molar-refractivity contribution in [3.8, 4) is 0 Å². The Bertz CT molecular complexity index is 1360. The van der Waals surface area contributed by atoms with Crippen LogP contribution in [0.15, 0.2) is 0 Å². The molecule has 0 aromatic rings. The summed E-state index contributed by atoms with van der Waals surface area (Å²) in [4.78, 5) is 79.6. The molecule has 14 unspecified atom stereocenters. The summed E-state index contributed by atoms with van der Waals surface area (Å²) in [7, 11) is 0. The molecule has 14 atom stereocenters. The topological polar surface area (TPSA) is 178 Å². The summed E-state index contributed by atoms with van der Waals surface area (Å²) in [6.07, 6.45) is -4.66. The van der Waals surface area contributed by atoms with E-state index in [2.05, 4.69) is 0 Å². The first kappa shape index (κ1) is 35.3. The Hall–Kier alpha value is -3.06. The Morgan fingerprint density at radius 2 is 1.57 bits per heavy atom. The highest BCUT2D eigenvalue weighted by Crippen LogP contribution is 2.72. The van der Waals surface area contributed by atoms with E-state index in [1.165, 1.54) is 20.8 Å². The van der Waals surface area contributed by atoms with Crippen LogP contribution in [0.3, 0.4) is 0 Å². The van der Waals surface area contributed by atoms with Gasteiger partial charge < -0.3 is 33.5 Å². The Labute approximate surface area is 274 Å². The van der Waals surface area contributed by atoms with E-state index in [1.54, 1.807) is 34.6 Å². The Balaban J connectivity index is 1.81. The van der Waals surface area contributed by atoms with E-state index >= 15 is 4.79 Å². The molecule has 13 heteroatoms. The standard InChI is InChI=1S/C34H48O13/c1-10-15(3)29(40)46-25-20-13-31(8,47-19(7)37)22(20)26-32(9)30(44-18(6)36)34(41)12-16(4)24(45-21(38)11-2)23(34)28(43-17(5)35)33(26,14-42-32)27(25)39/h15-16,20,22-26,28,30,41H,10-14H2,1-9H3. The van der Waals surface area contributed by atoms with Crippen molar-refractivity contribution in [2.45, 2.75) is 129 Å². The molecule has 1 heterocycles. The normalized spacial score (nSPS) is 45.1. The summed E-state index contributed by atoms with van der Waals surface area (Å²) in [5.41, 5.74) is -6.58. The van der Waals surface area contributed by atoms with Gasteiger partial charge in [-0.3, -0.25) is 28.8 Å². The zero-order valence-corrected chi connectivity index (χ0v) is 28.7. The van der Waals surface area contributed by atoms with Gasteiger partial charge in [0, 0.05) is 44.9 Å². The summed E-state index contributed by atoms with van der Waals surface area (Å²) < 4.78 is 36.5. The second kappa shape index (κ2) is 11.8. The Kier molecular flexibility index (Phi) is 8.87. The van der Waals surface area contributed by atoms with E-state index < -0.39 is 118 Å². The van der Waals surface area contributed by atoms with Gasteiger partial charge >= 0.3 is 29.8 Å². The molecule has 0 aromatic carbocycles. The zero-order valence-electron chi connectivity index (χ0n) is 28.7. The summed E-state index contributed by atoms with van der Waals surface area (Å²) in [6.45, 7) is 13.5. The molecule has 5 fully saturated rings. The van der Waals surface area contributed by atoms with Crippen molar-refractivity contribution in [1.29, 1.82) is 0 Å². The average Bonchev–Trinajstić information content (AvgIpc) is 3.39. The van der Waals surface area contributed by atoms with Crippen LogP contribution in [0.4, 0.5) is 0 Å². The van der Waals surface area contributed by atoms with Crippen LogP contribution >= 0.6 is 0 Å². The molecule has 5 rings (SSSR count). The molecule has 5 aliphatic rings. The predicted molar refractivity (Wildman–Crippen MR) is 160 cm³/mol. The van der Waals surface area contributed by atoms with Crippen LogP contribution in [-0.2, 0) is 57.2 Å². The summed E-state index contributed by atoms with van der Waals surface area (Å²) in [5.74, 6) is -8.40. The lowest BCUT2D eigenvalue weighted by atomic mass is 9.42. The van der Waals surface area contributed by atoms with Crippen LogP contribution in [0.5, 0.6) is 0 Å². The van der Waals surface area contributed by atoms with Gasteiger partial charge in [-0.1, -0.05) is 27.7 Å². The van der Waals surface area contributed by atoms with E-state index in [0.717, 1.165) is 0 Å². The Morgan fingerprint density at radius 1 is 0.936 bits per heavy atom. The molecular weight excluding hydrogens is 616 g/mol. The minimum Gasteiger partial charge on any atom is -0.462 e. The SMILES string of the molecule is CCC(=O)OC1C(C)CC2(O)C1C(OC(C)=O)C13COC(C)(C2OC(C)=O)C1C1C(CC1(C)OC(C)=O)C(OC(=O)C(C)CC)C3=O. The Morgan fingerprint density at radius 3 is 2.13 bits per heavy atom. The van der Waals surface area contributed by atoms with Gasteiger partial charge in [-0.05, 0) is 39.0 Å². The van der Waals surface area contributed by atoms with Crippen LogP contribution < -0.4 is 0 Å². The van der Waals surface area contributed by atoms with Crippen molar-refractivity contribution < 1.29 is 62.3 Å². The molecule has 0 amide bonds. The summed E-state index contributed by atoms with van der Waals surface area (Å²) in [6, 6.07) is 0. The first-order chi connectivity index (χ1) is 21.8. The molecule has 262 valence electrons. The van der Waals surface area contributed by atoms with Gasteiger partial charge in [0.25, 0.3) is 0 Å². The number of ether oxygens (including phenoxy) is 6. The maximum Gasteiger partial charge on any atom is 0.309 e. The lowest BCUT2D eigenvalue weighted by Crippen LogP contribution is -2.75. The summed E-state index contributed by atoms with van der Waals surface area (Å²) >= 11 is 0. The highest BCUT2D eigenvalue weighted by molar-refractivity contribution is 5.94. The van der Waals surface area contributed by atoms with Crippen molar-refractivity contribution >= 4 is 35.6 Å². The molecule has 0 spiro atoms. The molecule has 2 bridgehead atoms. The fraction of sp³-hybridized carbons (Fsp3) is 0.824. The first-order valence-corrected chi connectivity index (χ1v) is 16.7. The molecule has 13 nitrogen and oxygen atoms in total. The van der Waals surface area contributed by atoms with Crippen molar-refractivity contribution in [3.05, 3.63) is 0 Å². The number of hydrogen-bond acceptors (Lipinski definition) is 13. The van der Waals surface area contributed by atoms with Gasteiger partial charge in [-0.25, -0.2) is 0 Å². The van der Waals surface area contributed by atoms with Gasteiger partial charge in [0.1, 0.15) is 29.0 Å². The molecule has 4 aliphatic carbocycles. The predicted octanol–water partition coefficient (Wildman–Crippen LogP) is 2.46. The van der Waals surface area contributed by atoms with Gasteiger partial charge in [0.15, 0.2) is 18.0 Å². The number of rotatable bonds is 8. The quantitative estimate of drug-likeness (QED) is 0.296. The lowest BCUT2D eigenvalue weighted by Gasteiger charge is -2.64. The van der Waals surface area contributed by atoms with Crippen LogP contribution in [0, 0.1) is 40.9 Å². The van der Waals surface area contributed by atoms with E-state index in [-0.39, 0.29) is 25.9 Å². The third-order valence-corrected chi connectivity index (χ3v) is 11.8. The molecule has 0 radical (unpaired) electrons. The number of esters is 5. The number of fused-ring (bicyclic) bond motifs is 2. The number of Topliss-reactive ketones (excluding diaryl/α,β-unsaturated/α-hetero) is 1. The number of aliphatic hydroxyl groups is 1. The number of hydrogen-bond donors (Lipinski definition) is 1. The first-order valence-electron chi connectivity index (χ1n) is 16.7. The van der Waals surface area contributed by atoms with Gasteiger partial charge in [0.05, 0.1) is 23.9 Å². The molecular formula is C34H48O13. The highest BCUT2D eigenvalue weighted by atomic mass is 16.6. The second-order valence-electron chi connectivity index (χ2n) is 14.8. The van der Waals surface area contributed by atoms with E-state index in [9.17, 15) is 29.1 Å². The molecule has 1 saturated heterocycles. The third-order valence-electron chi connectivity index (χ3n) is 11.8. The minimum absolute atomic E-state index is 0.0195.